The third-order valence-corrected chi connectivity index (χ3v) is 9.90. The molecule has 0 atom stereocenters. The molecule has 10 rings (SSSR count). The minimum Gasteiger partial charge on any atom is -0.308 e. The first-order valence-corrected chi connectivity index (χ1v) is 17.2. The van der Waals surface area contributed by atoms with Crippen molar-refractivity contribution in [3.63, 3.8) is 0 Å². The monoisotopic (exact) mass is 701 g/mol. The van der Waals surface area contributed by atoms with E-state index >= 15 is 0 Å². The summed E-state index contributed by atoms with van der Waals surface area (Å²) in [6.45, 7) is 0. The van der Waals surface area contributed by atoms with E-state index in [0.29, 0.717) is 39.7 Å². The number of aromatic nitrogens is 6. The van der Waals surface area contributed by atoms with Gasteiger partial charge in [-0.1, -0.05) is 42.5 Å². The molecule has 0 saturated carbocycles. The Hall–Kier alpha value is -7.57. The maximum Gasteiger partial charge on any atom is 0.159 e. The van der Waals surface area contributed by atoms with E-state index < -0.39 is 11.6 Å². The standard InChI is InChI=1S/C45H25F2N7/c46-30-21-29(22-31(47)25-30)32-13-16-42(53-38-9-3-1-7-33(38)35-23-27(11-14-40(35)53)44-49-17-5-18-50-44)37(26-48)43(32)54-39-10-4-2-8-34(39)36-24-28(12-15-41(36)54)45-51-19-6-20-52-45/h1-25H. The highest BCUT2D eigenvalue weighted by atomic mass is 19.1. The second-order valence-electron chi connectivity index (χ2n) is 12.9. The van der Waals surface area contributed by atoms with Crippen LogP contribution in [0, 0.1) is 23.0 Å². The Bertz CT molecular complexity index is 3120. The summed E-state index contributed by atoms with van der Waals surface area (Å²) in [6, 6.07) is 41.3. The average Bonchev–Trinajstić information content (AvgIpc) is 3.72. The third-order valence-electron chi connectivity index (χ3n) is 9.90. The lowest BCUT2D eigenvalue weighted by Crippen LogP contribution is -2.06. The molecule has 0 N–H and O–H groups in total. The normalized spacial score (nSPS) is 11.5. The Labute approximate surface area is 306 Å². The smallest absolute Gasteiger partial charge is 0.159 e. The number of nitriles is 1. The summed E-state index contributed by atoms with van der Waals surface area (Å²) in [6.07, 6.45) is 6.84. The predicted octanol–water partition coefficient (Wildman–Crippen LogP) is 10.6. The summed E-state index contributed by atoms with van der Waals surface area (Å²) in [5.74, 6) is -0.237. The van der Waals surface area contributed by atoms with Gasteiger partial charge in [0.1, 0.15) is 23.3 Å². The van der Waals surface area contributed by atoms with Gasteiger partial charge < -0.3 is 9.13 Å². The molecule has 9 heteroatoms. The Kier molecular flexibility index (Phi) is 7.10. The fourth-order valence-corrected chi connectivity index (χ4v) is 7.67. The highest BCUT2D eigenvalue weighted by molar-refractivity contribution is 6.12. The minimum absolute atomic E-state index is 0.306. The maximum atomic E-state index is 15.0. The Morgan fingerprint density at radius 3 is 1.52 bits per heavy atom. The molecule has 4 heterocycles. The van der Waals surface area contributed by atoms with Gasteiger partial charge in [0.05, 0.1) is 33.4 Å². The van der Waals surface area contributed by atoms with Gasteiger partial charge in [-0.15, -0.1) is 0 Å². The lowest BCUT2D eigenvalue weighted by atomic mass is 9.97. The molecule has 254 valence electrons. The van der Waals surface area contributed by atoms with Gasteiger partial charge >= 0.3 is 0 Å². The van der Waals surface area contributed by atoms with Crippen molar-refractivity contribution >= 4 is 43.6 Å². The molecule has 54 heavy (non-hydrogen) atoms. The van der Waals surface area contributed by atoms with Crippen molar-refractivity contribution in [3.05, 3.63) is 169 Å². The van der Waals surface area contributed by atoms with Crippen LogP contribution in [0.25, 0.3) is 88.9 Å². The number of rotatable bonds is 5. The molecular weight excluding hydrogens is 677 g/mol. The van der Waals surface area contributed by atoms with Gasteiger partial charge in [-0.25, -0.2) is 28.7 Å². The topological polar surface area (TPSA) is 85.2 Å². The van der Waals surface area contributed by atoms with Crippen molar-refractivity contribution in [2.24, 2.45) is 0 Å². The van der Waals surface area contributed by atoms with Crippen molar-refractivity contribution < 1.29 is 8.78 Å². The van der Waals surface area contributed by atoms with E-state index in [1.807, 2.05) is 89.5 Å². The lowest BCUT2D eigenvalue weighted by molar-refractivity contribution is 0.584. The number of fused-ring (bicyclic) bond motifs is 6. The first kappa shape index (κ1) is 31.2. The van der Waals surface area contributed by atoms with Crippen LogP contribution in [-0.4, -0.2) is 29.1 Å². The van der Waals surface area contributed by atoms with E-state index in [-0.39, 0.29) is 0 Å². The zero-order valence-corrected chi connectivity index (χ0v) is 28.3. The first-order chi connectivity index (χ1) is 26.6. The molecular formula is C45H25F2N7. The van der Waals surface area contributed by atoms with Crippen LogP contribution in [0.5, 0.6) is 0 Å². The summed E-state index contributed by atoms with van der Waals surface area (Å²) < 4.78 is 34.0. The second kappa shape index (κ2) is 12.3. The number of benzene rings is 6. The molecule has 0 unspecified atom stereocenters. The maximum absolute atomic E-state index is 15.0. The highest BCUT2D eigenvalue weighted by Gasteiger charge is 2.25. The average molecular weight is 702 g/mol. The Morgan fingerprint density at radius 1 is 0.463 bits per heavy atom. The SMILES string of the molecule is N#Cc1c(-n2c3ccccc3c3cc(-c4ncccn4)ccc32)ccc(-c2cc(F)cc(F)c2)c1-n1c2ccccc2c2cc(-c3ncccn3)ccc21. The summed E-state index contributed by atoms with van der Waals surface area (Å²) in [5.41, 5.74) is 7.32. The molecule has 4 aromatic heterocycles. The van der Waals surface area contributed by atoms with Crippen molar-refractivity contribution in [1.82, 2.24) is 29.1 Å². The van der Waals surface area contributed by atoms with Crippen molar-refractivity contribution in [2.75, 3.05) is 0 Å². The van der Waals surface area contributed by atoms with E-state index in [2.05, 4.69) is 42.7 Å². The van der Waals surface area contributed by atoms with Gasteiger partial charge in [0, 0.05) is 69.1 Å². The molecule has 0 radical (unpaired) electrons. The van der Waals surface area contributed by atoms with Gasteiger partial charge in [-0.3, -0.25) is 0 Å². The summed E-state index contributed by atoms with van der Waals surface area (Å²) in [7, 11) is 0. The van der Waals surface area contributed by atoms with Crippen LogP contribution in [0.15, 0.2) is 152 Å². The third kappa shape index (κ3) is 4.85. The van der Waals surface area contributed by atoms with Crippen LogP contribution in [0.4, 0.5) is 8.78 Å². The summed E-state index contributed by atoms with van der Waals surface area (Å²) in [5, 5.41) is 15.1. The quantitative estimate of drug-likeness (QED) is 0.178. The number of hydrogen-bond donors (Lipinski definition) is 0. The van der Waals surface area contributed by atoms with Crippen molar-refractivity contribution in [1.29, 1.82) is 5.26 Å². The summed E-state index contributed by atoms with van der Waals surface area (Å²) in [4.78, 5) is 17.9. The molecule has 0 saturated heterocycles. The number of halogens is 2. The first-order valence-electron chi connectivity index (χ1n) is 17.2. The van der Waals surface area contributed by atoms with Gasteiger partial charge in [0.2, 0.25) is 0 Å². The van der Waals surface area contributed by atoms with E-state index in [9.17, 15) is 14.0 Å². The van der Waals surface area contributed by atoms with Gasteiger partial charge in [0.15, 0.2) is 11.6 Å². The number of nitrogens with zero attached hydrogens (tertiary/aromatic N) is 7. The molecule has 7 nitrogen and oxygen atoms in total. The van der Waals surface area contributed by atoms with E-state index in [4.69, 9.17) is 0 Å². The van der Waals surface area contributed by atoms with Crippen LogP contribution in [0.3, 0.4) is 0 Å². The zero-order valence-electron chi connectivity index (χ0n) is 28.3. The molecule has 0 fully saturated rings. The summed E-state index contributed by atoms with van der Waals surface area (Å²) >= 11 is 0. The van der Waals surface area contributed by atoms with Crippen LogP contribution in [0.2, 0.25) is 0 Å². The van der Waals surface area contributed by atoms with Gasteiger partial charge in [0.25, 0.3) is 0 Å². The van der Waals surface area contributed by atoms with E-state index in [1.165, 1.54) is 12.1 Å². The molecule has 0 aliphatic rings. The van der Waals surface area contributed by atoms with Crippen LogP contribution in [0.1, 0.15) is 5.56 Å². The van der Waals surface area contributed by atoms with Crippen molar-refractivity contribution in [3.8, 4) is 51.3 Å². The fourth-order valence-electron chi connectivity index (χ4n) is 7.67. The van der Waals surface area contributed by atoms with Crippen LogP contribution >= 0.6 is 0 Å². The van der Waals surface area contributed by atoms with E-state index in [1.54, 1.807) is 36.9 Å². The molecule has 6 aromatic carbocycles. The minimum atomic E-state index is -0.714. The fraction of sp³-hybridized carbons (Fsp3) is 0. The van der Waals surface area contributed by atoms with Crippen LogP contribution in [-0.2, 0) is 0 Å². The Balaban J connectivity index is 1.32. The van der Waals surface area contributed by atoms with Crippen LogP contribution < -0.4 is 0 Å². The molecule has 0 spiro atoms. The number of para-hydroxylation sites is 2. The zero-order chi connectivity index (χ0) is 36.3. The largest absolute Gasteiger partial charge is 0.308 e. The molecule has 0 aliphatic heterocycles. The molecule has 0 aliphatic carbocycles. The molecule has 10 aromatic rings. The van der Waals surface area contributed by atoms with Gasteiger partial charge in [-0.2, -0.15) is 5.26 Å². The predicted molar refractivity (Wildman–Crippen MR) is 207 cm³/mol. The lowest BCUT2D eigenvalue weighted by Gasteiger charge is -2.20. The molecule has 0 amide bonds. The Morgan fingerprint density at radius 2 is 0.963 bits per heavy atom. The number of hydrogen-bond acceptors (Lipinski definition) is 5. The molecule has 0 bridgehead atoms. The van der Waals surface area contributed by atoms with E-state index in [0.717, 1.165) is 60.8 Å². The second-order valence-corrected chi connectivity index (χ2v) is 12.9. The highest BCUT2D eigenvalue weighted by Crippen LogP contribution is 2.43. The van der Waals surface area contributed by atoms with Gasteiger partial charge in [-0.05, 0) is 84.4 Å². The van der Waals surface area contributed by atoms with Crippen molar-refractivity contribution in [2.45, 2.75) is 0 Å².